The van der Waals surface area contributed by atoms with Crippen LogP contribution in [-0.4, -0.2) is 39.1 Å². The van der Waals surface area contributed by atoms with Crippen molar-refractivity contribution in [2.24, 2.45) is 5.84 Å². The topological polar surface area (TPSA) is 110 Å². The van der Waals surface area contributed by atoms with E-state index in [0.29, 0.717) is 17.3 Å². The van der Waals surface area contributed by atoms with E-state index < -0.39 is 23.6 Å². The number of ether oxygens (including phenoxy) is 1. The van der Waals surface area contributed by atoms with Crippen molar-refractivity contribution in [3.63, 3.8) is 0 Å². The number of imidazole rings is 1. The molecule has 0 aliphatic carbocycles. The van der Waals surface area contributed by atoms with Crippen LogP contribution in [0.1, 0.15) is 41.3 Å². The van der Waals surface area contributed by atoms with Gasteiger partial charge in [-0.1, -0.05) is 18.2 Å². The van der Waals surface area contributed by atoms with Crippen molar-refractivity contribution >= 4 is 12.0 Å². The number of benzene rings is 1. The minimum absolute atomic E-state index is 0.0607. The second-order valence-corrected chi connectivity index (χ2v) is 7.96. The number of aryl methyl sites for hydroxylation is 1. The van der Waals surface area contributed by atoms with E-state index in [2.05, 4.69) is 9.97 Å². The minimum atomic E-state index is -4.56. The zero-order valence-corrected chi connectivity index (χ0v) is 19.7. The number of nitriles is 1. The van der Waals surface area contributed by atoms with Crippen molar-refractivity contribution in [3.05, 3.63) is 77.5 Å². The third-order valence-corrected chi connectivity index (χ3v) is 5.41. The highest BCUT2D eigenvalue weighted by Crippen LogP contribution is 2.36. The van der Waals surface area contributed by atoms with Crippen LogP contribution in [0.3, 0.4) is 0 Å². The van der Waals surface area contributed by atoms with Gasteiger partial charge in [-0.2, -0.15) is 18.4 Å². The number of carbonyl (C=O) groups excluding carboxylic acids is 1. The maximum Gasteiger partial charge on any atom is 0.416 e. The number of hydrogen-bond acceptors (Lipinski definition) is 6. The molecule has 2 heterocycles. The molecule has 188 valence electrons. The highest BCUT2D eigenvalue weighted by Gasteiger charge is 2.34. The number of methoxy groups -OCH3 is 1. The van der Waals surface area contributed by atoms with Crippen LogP contribution < -0.4 is 10.6 Å². The summed E-state index contributed by atoms with van der Waals surface area (Å²) in [7, 11) is 1.48. The van der Waals surface area contributed by atoms with Gasteiger partial charge in [0.2, 0.25) is 5.88 Å². The second-order valence-electron chi connectivity index (χ2n) is 7.96. The Kier molecular flexibility index (Phi) is 8.45. The van der Waals surface area contributed by atoms with Crippen molar-refractivity contribution in [2.45, 2.75) is 31.9 Å². The molecule has 3 aromatic rings. The predicted molar refractivity (Wildman–Crippen MR) is 127 cm³/mol. The fourth-order valence-corrected chi connectivity index (χ4v) is 3.62. The van der Waals surface area contributed by atoms with Crippen LogP contribution in [0.25, 0.3) is 11.8 Å². The van der Waals surface area contributed by atoms with E-state index in [9.17, 15) is 23.2 Å². The van der Waals surface area contributed by atoms with Crippen LogP contribution in [-0.2, 0) is 11.0 Å². The second kappa shape index (κ2) is 11.5. The van der Waals surface area contributed by atoms with Gasteiger partial charge in [0.05, 0.1) is 42.4 Å². The van der Waals surface area contributed by atoms with Gasteiger partial charge in [-0.25, -0.2) is 15.8 Å². The van der Waals surface area contributed by atoms with Gasteiger partial charge in [0, 0.05) is 18.8 Å². The first kappa shape index (κ1) is 26.4. The summed E-state index contributed by atoms with van der Waals surface area (Å²) in [4.78, 5) is 20.9. The number of hydrogen-bond donors (Lipinski definition) is 1. The van der Waals surface area contributed by atoms with Gasteiger partial charge in [-0.05, 0) is 49.6 Å². The molecule has 0 saturated heterocycles. The monoisotopic (exact) mass is 498 g/mol. The summed E-state index contributed by atoms with van der Waals surface area (Å²) in [6.07, 6.45) is 1.98. The summed E-state index contributed by atoms with van der Waals surface area (Å²) in [6.45, 7) is 1.92. The van der Waals surface area contributed by atoms with Crippen molar-refractivity contribution in [3.8, 4) is 17.6 Å². The van der Waals surface area contributed by atoms with Crippen molar-refractivity contribution in [2.75, 3.05) is 13.7 Å². The quantitative estimate of drug-likeness (QED) is 0.203. The fourth-order valence-electron chi connectivity index (χ4n) is 3.62. The number of alkyl halides is 3. The fraction of sp³-hybridized carbons (Fsp3) is 0.280. The lowest BCUT2D eigenvalue weighted by Gasteiger charge is -2.18. The van der Waals surface area contributed by atoms with Crippen molar-refractivity contribution in [1.29, 1.82) is 5.26 Å². The molecule has 0 fully saturated rings. The highest BCUT2D eigenvalue weighted by atomic mass is 19.4. The van der Waals surface area contributed by atoms with E-state index in [-0.39, 0.29) is 24.9 Å². The van der Waals surface area contributed by atoms with E-state index in [1.54, 1.807) is 23.0 Å². The van der Waals surface area contributed by atoms with E-state index in [4.69, 9.17) is 10.6 Å². The number of pyridine rings is 1. The number of nitrogens with zero attached hydrogens (tertiary/aromatic N) is 5. The van der Waals surface area contributed by atoms with Gasteiger partial charge in [0.15, 0.2) is 0 Å². The molecule has 0 aliphatic heterocycles. The number of rotatable bonds is 9. The molecule has 0 bridgehead atoms. The van der Waals surface area contributed by atoms with E-state index in [1.807, 2.05) is 19.2 Å². The Balaban J connectivity index is 1.60. The third-order valence-electron chi connectivity index (χ3n) is 5.41. The van der Waals surface area contributed by atoms with E-state index >= 15 is 0 Å². The summed E-state index contributed by atoms with van der Waals surface area (Å²) < 4.78 is 46.9. The van der Waals surface area contributed by atoms with Crippen LogP contribution >= 0.6 is 0 Å². The number of amides is 1. The minimum Gasteiger partial charge on any atom is -0.479 e. The molecule has 8 nitrogen and oxygen atoms in total. The van der Waals surface area contributed by atoms with Gasteiger partial charge in [0.1, 0.15) is 5.69 Å². The molecule has 1 amide bonds. The molecular weight excluding hydrogens is 473 g/mol. The average molecular weight is 499 g/mol. The first-order chi connectivity index (χ1) is 17.1. The summed E-state index contributed by atoms with van der Waals surface area (Å²) in [5.74, 6) is 4.67. The first-order valence-electron chi connectivity index (χ1n) is 11.0. The van der Waals surface area contributed by atoms with Gasteiger partial charge >= 0.3 is 6.18 Å². The molecule has 2 N–H and O–H groups in total. The lowest BCUT2D eigenvalue weighted by atomic mass is 9.91. The molecule has 1 aromatic carbocycles. The van der Waals surface area contributed by atoms with Crippen LogP contribution in [0.2, 0.25) is 0 Å². The Labute approximate surface area is 206 Å². The molecule has 3 rings (SSSR count). The van der Waals surface area contributed by atoms with Crippen LogP contribution in [0, 0.1) is 18.3 Å². The molecule has 1 atom stereocenters. The summed E-state index contributed by atoms with van der Waals surface area (Å²) in [5, 5.41) is 10.4. The Morgan fingerprint density at radius 2 is 2.06 bits per heavy atom. The predicted octanol–water partition coefficient (Wildman–Crippen LogP) is 4.41. The Hall–Kier alpha value is -4.17. The van der Waals surface area contributed by atoms with Gasteiger partial charge < -0.3 is 9.30 Å². The standard InChI is InChI=1S/C25H25F3N6O2/c1-17-15-33(16-31-17)22-11-9-19(32-24(22)36-2)10-12-23(35)34(30)13-5-6-18(14-29)20-7-3-4-8-21(20)25(26,27)28/h3-4,7-12,15-16,18H,5-6,13,30H2,1-2H3/t18-/m1/s1. The normalized spacial score (nSPS) is 12.4. The molecule has 0 saturated carbocycles. The van der Waals surface area contributed by atoms with Crippen LogP contribution in [0.5, 0.6) is 5.88 Å². The number of carbonyl (C=O) groups is 1. The Morgan fingerprint density at radius 3 is 2.69 bits per heavy atom. The molecule has 0 spiro atoms. The third kappa shape index (κ3) is 6.49. The molecular formula is C25H25F3N6O2. The van der Waals surface area contributed by atoms with E-state index in [0.717, 1.165) is 16.8 Å². The Bertz CT molecular complexity index is 1280. The number of halogens is 3. The van der Waals surface area contributed by atoms with Gasteiger partial charge in [-0.3, -0.25) is 9.80 Å². The highest BCUT2D eigenvalue weighted by molar-refractivity contribution is 5.91. The smallest absolute Gasteiger partial charge is 0.416 e. The summed E-state index contributed by atoms with van der Waals surface area (Å²) >= 11 is 0. The SMILES string of the molecule is COc1nc(C=CC(=O)N(N)CCC[C@H](C#N)c2ccccc2C(F)(F)F)ccc1-n1cnc(C)c1. The van der Waals surface area contributed by atoms with Gasteiger partial charge in [-0.15, -0.1) is 0 Å². The Morgan fingerprint density at radius 1 is 1.31 bits per heavy atom. The molecule has 11 heteroatoms. The molecule has 36 heavy (non-hydrogen) atoms. The molecule has 0 radical (unpaired) electrons. The zero-order valence-electron chi connectivity index (χ0n) is 19.7. The van der Waals surface area contributed by atoms with Crippen molar-refractivity contribution < 1.29 is 22.7 Å². The average Bonchev–Trinajstić information content (AvgIpc) is 3.30. The largest absolute Gasteiger partial charge is 0.479 e. The maximum absolute atomic E-state index is 13.3. The lowest BCUT2D eigenvalue weighted by Crippen LogP contribution is -2.37. The molecule has 0 unspecified atom stereocenters. The zero-order chi connectivity index (χ0) is 26.3. The van der Waals surface area contributed by atoms with Crippen LogP contribution in [0.4, 0.5) is 13.2 Å². The summed E-state index contributed by atoms with van der Waals surface area (Å²) in [5.41, 5.74) is 1.05. The van der Waals surface area contributed by atoms with E-state index in [1.165, 1.54) is 37.5 Å². The molecule has 0 aliphatic rings. The molecule has 2 aromatic heterocycles. The summed E-state index contributed by atoms with van der Waals surface area (Å²) in [6, 6.07) is 10.4. The van der Waals surface area contributed by atoms with Crippen LogP contribution in [0.15, 0.2) is 55.0 Å². The lowest BCUT2D eigenvalue weighted by molar-refractivity contribution is -0.138. The number of hydrazine groups is 1. The first-order valence-corrected chi connectivity index (χ1v) is 11.0. The maximum atomic E-state index is 13.3. The van der Waals surface area contributed by atoms with Crippen molar-refractivity contribution in [1.82, 2.24) is 19.5 Å². The van der Waals surface area contributed by atoms with Gasteiger partial charge in [0.25, 0.3) is 5.91 Å². The number of aromatic nitrogens is 3. The number of nitrogens with two attached hydrogens (primary N) is 1.